The minimum absolute atomic E-state index is 0.0892. The Hall–Kier alpha value is -2.65. The lowest BCUT2D eigenvalue weighted by molar-refractivity contribution is 0.101. The van der Waals surface area contributed by atoms with Crippen LogP contribution >= 0.6 is 0 Å². The van der Waals surface area contributed by atoms with Gasteiger partial charge in [0.05, 0.1) is 0 Å². The van der Waals surface area contributed by atoms with Crippen molar-refractivity contribution in [2.45, 2.75) is 19.8 Å². The highest BCUT2D eigenvalue weighted by Gasteiger charge is 2.18. The Bertz CT molecular complexity index is 907. The third-order valence-corrected chi connectivity index (χ3v) is 4.81. The van der Waals surface area contributed by atoms with Crippen molar-refractivity contribution in [2.75, 3.05) is 13.1 Å². The van der Waals surface area contributed by atoms with Gasteiger partial charge in [-0.05, 0) is 50.6 Å². The molecule has 0 spiro atoms. The Labute approximate surface area is 147 Å². The first kappa shape index (κ1) is 15.9. The Kier molecular flexibility index (Phi) is 4.24. The molecule has 1 N–H and O–H groups in total. The van der Waals surface area contributed by atoms with Crippen molar-refractivity contribution >= 4 is 22.3 Å². The van der Waals surface area contributed by atoms with Crippen LogP contribution in [0.5, 0.6) is 0 Å². The number of Topliss-reactive ketones (excluding diaryl/α,β-unsaturated/α-hetero) is 1. The summed E-state index contributed by atoms with van der Waals surface area (Å²) in [5.74, 6) is 1.00. The molecule has 126 valence electrons. The van der Waals surface area contributed by atoms with E-state index < -0.39 is 0 Å². The first-order valence-electron chi connectivity index (χ1n) is 8.75. The molecule has 1 aliphatic heterocycles. The number of hydrogen-bond acceptors (Lipinski definition) is 3. The van der Waals surface area contributed by atoms with Gasteiger partial charge in [-0.25, -0.2) is 0 Å². The monoisotopic (exact) mass is 331 g/mol. The third-order valence-electron chi connectivity index (χ3n) is 4.81. The number of nitrogens with one attached hydrogen (secondary N) is 1. The molecule has 0 radical (unpaired) electrons. The molecule has 3 nitrogen and oxygen atoms in total. The van der Waals surface area contributed by atoms with Crippen LogP contribution in [0.2, 0.25) is 0 Å². The average Bonchev–Trinajstić information content (AvgIpc) is 3.07. The summed E-state index contributed by atoms with van der Waals surface area (Å²) in [6.45, 7) is 3.58. The van der Waals surface area contributed by atoms with Crippen LogP contribution in [0.3, 0.4) is 0 Å². The van der Waals surface area contributed by atoms with Crippen LogP contribution in [-0.2, 0) is 0 Å². The van der Waals surface area contributed by atoms with Gasteiger partial charge < -0.3 is 9.73 Å². The quantitative estimate of drug-likeness (QED) is 0.700. The lowest BCUT2D eigenvalue weighted by Gasteiger charge is -2.20. The van der Waals surface area contributed by atoms with Crippen molar-refractivity contribution in [3.8, 4) is 0 Å². The molecule has 2 heterocycles. The maximum Gasteiger partial charge on any atom is 0.159 e. The van der Waals surface area contributed by atoms with E-state index in [-0.39, 0.29) is 5.78 Å². The molecule has 0 saturated carbocycles. The van der Waals surface area contributed by atoms with Crippen molar-refractivity contribution in [3.63, 3.8) is 0 Å². The van der Waals surface area contributed by atoms with Crippen molar-refractivity contribution in [1.82, 2.24) is 5.32 Å². The molecule has 1 fully saturated rings. The van der Waals surface area contributed by atoms with E-state index in [4.69, 9.17) is 4.42 Å². The minimum atomic E-state index is 0.0892. The van der Waals surface area contributed by atoms with E-state index in [2.05, 4.69) is 17.4 Å². The first-order chi connectivity index (χ1) is 12.2. The minimum Gasteiger partial charge on any atom is -0.456 e. The molecule has 0 aliphatic carbocycles. The molecule has 3 heteroatoms. The van der Waals surface area contributed by atoms with Crippen LogP contribution in [0.1, 0.15) is 41.4 Å². The van der Waals surface area contributed by atoms with Crippen LogP contribution in [-0.4, -0.2) is 18.9 Å². The van der Waals surface area contributed by atoms with Gasteiger partial charge in [0.2, 0.25) is 0 Å². The zero-order chi connectivity index (χ0) is 17.2. The molecule has 25 heavy (non-hydrogen) atoms. The fraction of sp³-hybridized carbons (Fsp3) is 0.227. The molecule has 1 aliphatic rings. The van der Waals surface area contributed by atoms with Crippen LogP contribution in [0.15, 0.2) is 64.6 Å². The summed E-state index contributed by atoms with van der Waals surface area (Å²) < 4.78 is 6.17. The van der Waals surface area contributed by atoms with E-state index in [9.17, 15) is 4.79 Å². The summed E-state index contributed by atoms with van der Waals surface area (Å²) in [5, 5.41) is 4.53. The molecule has 0 unspecified atom stereocenters. The number of ketones is 1. The number of rotatable bonds is 3. The van der Waals surface area contributed by atoms with Crippen molar-refractivity contribution in [3.05, 3.63) is 77.1 Å². The summed E-state index contributed by atoms with van der Waals surface area (Å²) >= 11 is 0. The highest BCUT2D eigenvalue weighted by molar-refractivity contribution is 5.95. The van der Waals surface area contributed by atoms with E-state index >= 15 is 0 Å². The van der Waals surface area contributed by atoms with E-state index in [0.29, 0.717) is 0 Å². The maximum atomic E-state index is 11.6. The fourth-order valence-electron chi connectivity index (χ4n) is 3.48. The predicted molar refractivity (Wildman–Crippen MR) is 101 cm³/mol. The summed E-state index contributed by atoms with van der Waals surface area (Å²) in [4.78, 5) is 11.6. The van der Waals surface area contributed by atoms with Gasteiger partial charge in [0.1, 0.15) is 11.3 Å². The lowest BCUT2D eigenvalue weighted by atomic mass is 9.91. The van der Waals surface area contributed by atoms with Crippen molar-refractivity contribution in [2.24, 2.45) is 0 Å². The van der Waals surface area contributed by atoms with Crippen LogP contribution in [0, 0.1) is 0 Å². The molecule has 1 saturated heterocycles. The molecule has 3 aromatic rings. The second kappa shape index (κ2) is 6.69. The van der Waals surface area contributed by atoms with E-state index in [1.54, 1.807) is 6.92 Å². The summed E-state index contributed by atoms with van der Waals surface area (Å²) in [6, 6.07) is 18.1. The van der Waals surface area contributed by atoms with Gasteiger partial charge in [0, 0.05) is 16.5 Å². The van der Waals surface area contributed by atoms with Gasteiger partial charge in [-0.2, -0.15) is 0 Å². The Morgan fingerprint density at radius 1 is 0.960 bits per heavy atom. The van der Waals surface area contributed by atoms with Gasteiger partial charge in [-0.1, -0.05) is 48.0 Å². The number of para-hydroxylation sites is 1. The van der Waals surface area contributed by atoms with E-state index in [0.717, 1.165) is 53.8 Å². The van der Waals surface area contributed by atoms with Crippen LogP contribution in [0.4, 0.5) is 0 Å². The molecular formula is C22H21NO2. The molecule has 0 atom stereocenters. The highest BCUT2D eigenvalue weighted by atomic mass is 16.3. The fourth-order valence-corrected chi connectivity index (χ4v) is 3.48. The van der Waals surface area contributed by atoms with E-state index in [1.165, 1.54) is 11.1 Å². The van der Waals surface area contributed by atoms with Gasteiger partial charge in [-0.3, -0.25) is 4.79 Å². The average molecular weight is 331 g/mol. The standard InChI is InChI=1S/C22H21NO2/c1-15(24)16-6-8-17(9-7-16)22(18-10-12-23-13-11-18)21-14-19-4-2-3-5-20(19)25-21/h2-9,14,23H,10-13H2,1H3. The third kappa shape index (κ3) is 3.15. The number of fused-ring (bicyclic) bond motifs is 1. The smallest absolute Gasteiger partial charge is 0.159 e. The van der Waals surface area contributed by atoms with Crippen molar-refractivity contribution < 1.29 is 9.21 Å². The van der Waals surface area contributed by atoms with Crippen LogP contribution in [0.25, 0.3) is 16.5 Å². The Morgan fingerprint density at radius 3 is 2.32 bits per heavy atom. The zero-order valence-corrected chi connectivity index (χ0v) is 14.3. The number of furan rings is 1. The molecule has 4 rings (SSSR count). The topological polar surface area (TPSA) is 42.2 Å². The molecule has 0 amide bonds. The molecule has 0 bridgehead atoms. The lowest BCUT2D eigenvalue weighted by Crippen LogP contribution is -2.23. The van der Waals surface area contributed by atoms with E-state index in [1.807, 2.05) is 42.5 Å². The summed E-state index contributed by atoms with van der Waals surface area (Å²) in [7, 11) is 0. The first-order valence-corrected chi connectivity index (χ1v) is 8.75. The number of piperidine rings is 1. The SMILES string of the molecule is CC(=O)c1ccc(C(=C2CCNCC2)c2cc3ccccc3o2)cc1. The molecular weight excluding hydrogens is 310 g/mol. The number of hydrogen-bond donors (Lipinski definition) is 1. The number of benzene rings is 2. The second-order valence-electron chi connectivity index (χ2n) is 6.51. The van der Waals surface area contributed by atoms with Crippen LogP contribution < -0.4 is 5.32 Å². The molecule has 2 aromatic carbocycles. The summed E-state index contributed by atoms with van der Waals surface area (Å²) in [6.07, 6.45) is 2.03. The molecule has 1 aromatic heterocycles. The second-order valence-corrected chi connectivity index (χ2v) is 6.51. The predicted octanol–water partition coefficient (Wildman–Crippen LogP) is 4.82. The Balaban J connectivity index is 1.85. The number of carbonyl (C=O) groups is 1. The highest BCUT2D eigenvalue weighted by Crippen LogP contribution is 2.34. The zero-order valence-electron chi connectivity index (χ0n) is 14.3. The summed E-state index contributed by atoms with van der Waals surface area (Å²) in [5.41, 5.74) is 5.34. The maximum absolute atomic E-state index is 11.6. The van der Waals surface area contributed by atoms with Gasteiger partial charge >= 0.3 is 0 Å². The van der Waals surface area contributed by atoms with Crippen molar-refractivity contribution in [1.29, 1.82) is 0 Å². The number of carbonyl (C=O) groups excluding carboxylic acids is 1. The largest absolute Gasteiger partial charge is 0.456 e. The van der Waals surface area contributed by atoms with Gasteiger partial charge in [0.15, 0.2) is 5.78 Å². The van der Waals surface area contributed by atoms with Gasteiger partial charge in [-0.15, -0.1) is 0 Å². The normalized spacial score (nSPS) is 14.7. The van der Waals surface area contributed by atoms with Gasteiger partial charge in [0.25, 0.3) is 0 Å². The Morgan fingerprint density at radius 2 is 1.64 bits per heavy atom.